The number of hydrogen-bond donors (Lipinski definition) is 1. The molecule has 1 aromatic heterocycles. The van der Waals surface area contributed by atoms with Gasteiger partial charge >= 0.3 is 5.97 Å². The molecule has 6 heteroatoms. The Balaban J connectivity index is 1.90. The summed E-state index contributed by atoms with van der Waals surface area (Å²) < 4.78 is 13.3. The van der Waals surface area contributed by atoms with E-state index in [9.17, 15) is 4.79 Å². The van der Waals surface area contributed by atoms with E-state index in [0.29, 0.717) is 24.7 Å². The fourth-order valence-electron chi connectivity index (χ4n) is 3.75. The first-order valence-corrected chi connectivity index (χ1v) is 9.98. The van der Waals surface area contributed by atoms with Gasteiger partial charge in [-0.2, -0.15) is 0 Å². The number of benzene rings is 2. The number of fused-ring (bicyclic) bond motifs is 3. The van der Waals surface area contributed by atoms with Crippen LogP contribution < -0.4 is 10.1 Å². The van der Waals surface area contributed by atoms with E-state index in [-0.39, 0.29) is 12.0 Å². The zero-order chi connectivity index (χ0) is 20.4. The topological polar surface area (TPSA) is 65.4 Å². The number of aromatic nitrogens is 2. The van der Waals surface area contributed by atoms with E-state index in [0.717, 1.165) is 34.5 Å². The molecule has 1 aliphatic heterocycles. The third kappa shape index (κ3) is 3.46. The molecule has 6 nitrogen and oxygen atoms in total. The highest BCUT2D eigenvalue weighted by molar-refractivity contribution is 5.94. The average molecular weight is 391 g/mol. The van der Waals surface area contributed by atoms with E-state index in [1.54, 1.807) is 0 Å². The molecule has 0 amide bonds. The van der Waals surface area contributed by atoms with E-state index in [1.807, 2.05) is 62.4 Å². The third-order valence-corrected chi connectivity index (χ3v) is 4.97. The summed E-state index contributed by atoms with van der Waals surface area (Å²) in [5.41, 5.74) is 4.10. The van der Waals surface area contributed by atoms with Gasteiger partial charge in [-0.1, -0.05) is 31.2 Å². The SMILES string of the molecule is CCCOc1cccc(C2C(C(=O)OCC)=C(C)Nc3nc4ccccc4n32)c1. The van der Waals surface area contributed by atoms with Gasteiger partial charge in [-0.05, 0) is 50.1 Å². The van der Waals surface area contributed by atoms with Crippen molar-refractivity contribution in [3.63, 3.8) is 0 Å². The van der Waals surface area contributed by atoms with Crippen LogP contribution in [0.4, 0.5) is 5.95 Å². The van der Waals surface area contributed by atoms with Gasteiger partial charge in [0.05, 0.1) is 35.9 Å². The molecule has 0 bridgehead atoms. The Bertz CT molecular complexity index is 1080. The smallest absolute Gasteiger partial charge is 0.338 e. The van der Waals surface area contributed by atoms with Crippen LogP contribution in [0.3, 0.4) is 0 Å². The maximum absolute atomic E-state index is 12.9. The van der Waals surface area contributed by atoms with Gasteiger partial charge in [-0.3, -0.25) is 4.57 Å². The minimum Gasteiger partial charge on any atom is -0.494 e. The van der Waals surface area contributed by atoms with Crippen LogP contribution in [0, 0.1) is 0 Å². The number of carbonyl (C=O) groups is 1. The maximum Gasteiger partial charge on any atom is 0.338 e. The van der Waals surface area contributed by atoms with Gasteiger partial charge in [-0.25, -0.2) is 9.78 Å². The molecule has 0 aliphatic carbocycles. The molecular weight excluding hydrogens is 366 g/mol. The Kier molecular flexibility index (Phi) is 5.25. The van der Waals surface area contributed by atoms with Crippen LogP contribution in [-0.2, 0) is 9.53 Å². The predicted octanol–water partition coefficient (Wildman–Crippen LogP) is 4.68. The van der Waals surface area contributed by atoms with Crippen molar-refractivity contribution in [2.24, 2.45) is 0 Å². The Morgan fingerprint density at radius 2 is 2.00 bits per heavy atom. The van der Waals surface area contributed by atoms with Crippen LogP contribution >= 0.6 is 0 Å². The zero-order valence-electron chi connectivity index (χ0n) is 16.9. The highest BCUT2D eigenvalue weighted by Crippen LogP contribution is 2.40. The van der Waals surface area contributed by atoms with Gasteiger partial charge in [0, 0.05) is 5.70 Å². The number of allylic oxidation sites excluding steroid dienone is 1. The van der Waals surface area contributed by atoms with Crippen LogP contribution in [0.15, 0.2) is 59.8 Å². The van der Waals surface area contributed by atoms with Crippen molar-refractivity contribution in [3.05, 3.63) is 65.4 Å². The summed E-state index contributed by atoms with van der Waals surface area (Å²) in [6, 6.07) is 15.5. The average Bonchev–Trinajstić information content (AvgIpc) is 3.09. The van der Waals surface area contributed by atoms with E-state index in [4.69, 9.17) is 14.5 Å². The van der Waals surface area contributed by atoms with Gasteiger partial charge in [-0.15, -0.1) is 0 Å². The van der Waals surface area contributed by atoms with Crippen LogP contribution in [0.25, 0.3) is 11.0 Å². The summed E-state index contributed by atoms with van der Waals surface area (Å²) in [7, 11) is 0. The van der Waals surface area contributed by atoms with E-state index >= 15 is 0 Å². The number of para-hydroxylation sites is 2. The number of nitrogens with one attached hydrogen (secondary N) is 1. The van der Waals surface area contributed by atoms with Crippen LogP contribution in [0.5, 0.6) is 5.75 Å². The molecule has 2 heterocycles. The number of hydrogen-bond acceptors (Lipinski definition) is 5. The summed E-state index contributed by atoms with van der Waals surface area (Å²) in [5.74, 6) is 1.17. The number of carbonyl (C=O) groups excluding carboxylic acids is 1. The van der Waals surface area contributed by atoms with Crippen LogP contribution in [-0.4, -0.2) is 28.7 Å². The Morgan fingerprint density at radius 3 is 2.79 bits per heavy atom. The molecular formula is C23H25N3O3. The van der Waals surface area contributed by atoms with Crippen molar-refractivity contribution >= 4 is 23.0 Å². The van der Waals surface area contributed by atoms with Gasteiger partial charge in [0.15, 0.2) is 0 Å². The van der Waals surface area contributed by atoms with Crippen molar-refractivity contribution < 1.29 is 14.3 Å². The van der Waals surface area contributed by atoms with Crippen LogP contribution in [0.2, 0.25) is 0 Å². The lowest BCUT2D eigenvalue weighted by atomic mass is 9.95. The van der Waals surface area contributed by atoms with Crippen molar-refractivity contribution in [1.82, 2.24) is 9.55 Å². The summed E-state index contributed by atoms with van der Waals surface area (Å²) in [4.78, 5) is 17.7. The second kappa shape index (κ2) is 7.99. The first-order valence-electron chi connectivity index (χ1n) is 9.98. The summed E-state index contributed by atoms with van der Waals surface area (Å²) in [6.07, 6.45) is 0.932. The normalized spacial score (nSPS) is 15.8. The molecule has 2 aromatic carbocycles. The predicted molar refractivity (Wildman–Crippen MR) is 113 cm³/mol. The zero-order valence-corrected chi connectivity index (χ0v) is 16.9. The molecule has 3 aromatic rings. The molecule has 1 atom stereocenters. The van der Waals surface area contributed by atoms with E-state index < -0.39 is 0 Å². The van der Waals surface area contributed by atoms with Crippen molar-refractivity contribution in [1.29, 1.82) is 0 Å². The Morgan fingerprint density at radius 1 is 1.17 bits per heavy atom. The molecule has 4 rings (SSSR count). The van der Waals surface area contributed by atoms with Crippen molar-refractivity contribution in [2.45, 2.75) is 33.2 Å². The third-order valence-electron chi connectivity index (χ3n) is 4.97. The lowest BCUT2D eigenvalue weighted by molar-refractivity contribution is -0.139. The largest absolute Gasteiger partial charge is 0.494 e. The molecule has 1 aliphatic rings. The standard InChI is InChI=1S/C23H25N3O3/c1-4-13-29-17-10-8-9-16(14-17)21-20(22(27)28-5-2)15(3)24-23-25-18-11-6-7-12-19(18)26(21)23/h6-12,14,21H,4-5,13H2,1-3H3,(H,24,25). The highest BCUT2D eigenvalue weighted by atomic mass is 16.5. The molecule has 1 N–H and O–H groups in total. The molecule has 1 unspecified atom stereocenters. The molecule has 0 fully saturated rings. The van der Waals surface area contributed by atoms with E-state index in [1.165, 1.54) is 0 Å². The number of nitrogens with zero attached hydrogens (tertiary/aromatic N) is 2. The number of anilines is 1. The fraction of sp³-hybridized carbons (Fsp3) is 0.304. The van der Waals surface area contributed by atoms with Crippen LogP contribution in [0.1, 0.15) is 38.8 Å². The van der Waals surface area contributed by atoms with Gasteiger partial charge in [0.2, 0.25) is 5.95 Å². The fourth-order valence-corrected chi connectivity index (χ4v) is 3.75. The van der Waals surface area contributed by atoms with Gasteiger partial charge in [0.1, 0.15) is 5.75 Å². The minimum absolute atomic E-state index is 0.319. The number of imidazole rings is 1. The lowest BCUT2D eigenvalue weighted by Gasteiger charge is -2.30. The first kappa shape index (κ1) is 19.1. The second-order valence-electron chi connectivity index (χ2n) is 7.00. The van der Waals surface area contributed by atoms with Gasteiger partial charge in [0.25, 0.3) is 0 Å². The monoisotopic (exact) mass is 391 g/mol. The summed E-state index contributed by atoms with van der Waals surface area (Å²) >= 11 is 0. The van der Waals surface area contributed by atoms with Crippen molar-refractivity contribution in [3.8, 4) is 5.75 Å². The first-order chi connectivity index (χ1) is 14.1. The second-order valence-corrected chi connectivity index (χ2v) is 7.00. The molecule has 0 saturated carbocycles. The number of ether oxygens (including phenoxy) is 2. The molecule has 0 saturated heterocycles. The lowest BCUT2D eigenvalue weighted by Crippen LogP contribution is -2.29. The highest BCUT2D eigenvalue weighted by Gasteiger charge is 2.35. The van der Waals surface area contributed by atoms with Gasteiger partial charge < -0.3 is 14.8 Å². The van der Waals surface area contributed by atoms with E-state index in [2.05, 4.69) is 16.8 Å². The molecule has 0 spiro atoms. The molecule has 0 radical (unpaired) electrons. The minimum atomic E-state index is -0.358. The number of esters is 1. The quantitative estimate of drug-likeness (QED) is 0.618. The van der Waals surface area contributed by atoms with Crippen molar-refractivity contribution in [2.75, 3.05) is 18.5 Å². The maximum atomic E-state index is 12.9. The summed E-state index contributed by atoms with van der Waals surface area (Å²) in [6.45, 7) is 6.75. The summed E-state index contributed by atoms with van der Waals surface area (Å²) in [5, 5.41) is 3.29. The Hall–Kier alpha value is -3.28. The number of rotatable bonds is 6. The molecule has 150 valence electrons. The molecule has 29 heavy (non-hydrogen) atoms. The Labute approximate surface area is 170 Å².